The maximum Gasteiger partial charge on any atom is 0.345 e. The molecular formula is C10H7ClN2O3. The molecule has 0 saturated carbocycles. The average molecular weight is 239 g/mol. The van der Waals surface area contributed by atoms with Crippen molar-refractivity contribution in [1.82, 2.24) is 9.97 Å². The fraction of sp³-hybridized carbons (Fsp3) is 0.100. The van der Waals surface area contributed by atoms with E-state index in [1.54, 1.807) is 6.07 Å². The summed E-state index contributed by atoms with van der Waals surface area (Å²) in [6, 6.07) is 1.55. The Morgan fingerprint density at radius 3 is 3.06 bits per heavy atom. The number of nitrogens with one attached hydrogen (secondary N) is 1. The van der Waals surface area contributed by atoms with Gasteiger partial charge in [-0.2, -0.15) is 0 Å². The number of H-pyrrole nitrogens is 1. The molecule has 0 spiro atoms. The van der Waals surface area contributed by atoms with Crippen LogP contribution in [0.3, 0.4) is 0 Å². The van der Waals surface area contributed by atoms with Crippen LogP contribution in [0, 0.1) is 0 Å². The highest BCUT2D eigenvalue weighted by Gasteiger charge is 2.11. The van der Waals surface area contributed by atoms with Crippen LogP contribution in [0.1, 0.15) is 16.1 Å². The van der Waals surface area contributed by atoms with E-state index in [2.05, 4.69) is 9.97 Å². The molecule has 5 nitrogen and oxygen atoms in total. The van der Waals surface area contributed by atoms with Crippen LogP contribution in [0.15, 0.2) is 34.0 Å². The Kier molecular flexibility index (Phi) is 2.87. The molecule has 2 heterocycles. The number of hydrogen-bond acceptors (Lipinski definition) is 4. The second-order valence-electron chi connectivity index (χ2n) is 3.13. The molecule has 6 heteroatoms. The minimum absolute atomic E-state index is 0.0100. The van der Waals surface area contributed by atoms with Crippen LogP contribution in [0.5, 0.6) is 0 Å². The van der Waals surface area contributed by atoms with Crippen molar-refractivity contribution in [3.05, 3.63) is 51.6 Å². The number of rotatable bonds is 3. The van der Waals surface area contributed by atoms with Crippen LogP contribution in [-0.2, 0) is 6.42 Å². The van der Waals surface area contributed by atoms with Crippen molar-refractivity contribution in [3.63, 3.8) is 0 Å². The fourth-order valence-electron chi connectivity index (χ4n) is 1.23. The molecule has 0 amide bonds. The number of furan rings is 1. The lowest BCUT2D eigenvalue weighted by molar-refractivity contribution is 0.0991. The van der Waals surface area contributed by atoms with Crippen molar-refractivity contribution in [2.24, 2.45) is 0 Å². The summed E-state index contributed by atoms with van der Waals surface area (Å²) in [5, 5.41) is 0.261. The molecular weight excluding hydrogens is 232 g/mol. The predicted molar refractivity (Wildman–Crippen MR) is 56.6 cm³/mol. The molecule has 2 aromatic rings. The molecule has 0 saturated heterocycles. The second kappa shape index (κ2) is 4.32. The Bertz CT molecular complexity index is 560. The molecule has 0 atom stereocenters. The summed E-state index contributed by atoms with van der Waals surface area (Å²) in [6.45, 7) is 0. The molecule has 82 valence electrons. The summed E-state index contributed by atoms with van der Waals surface area (Å²) in [7, 11) is 0. The summed E-state index contributed by atoms with van der Waals surface area (Å²) in [5.41, 5.74) is 0.265. The molecule has 0 aliphatic rings. The van der Waals surface area contributed by atoms with Crippen molar-refractivity contribution in [3.8, 4) is 0 Å². The highest BCUT2D eigenvalue weighted by molar-refractivity contribution is 6.31. The van der Waals surface area contributed by atoms with Gasteiger partial charge in [-0.3, -0.25) is 4.79 Å². The maximum atomic E-state index is 11.7. The predicted octanol–water partition coefficient (Wildman–Crippen LogP) is 1.44. The fourth-order valence-corrected chi connectivity index (χ4v) is 1.39. The van der Waals surface area contributed by atoms with Crippen molar-refractivity contribution < 1.29 is 9.21 Å². The van der Waals surface area contributed by atoms with Crippen LogP contribution in [0.4, 0.5) is 0 Å². The van der Waals surface area contributed by atoms with E-state index < -0.39 is 5.69 Å². The molecule has 0 unspecified atom stereocenters. The second-order valence-corrected chi connectivity index (χ2v) is 3.53. The number of halogens is 1. The van der Waals surface area contributed by atoms with Gasteiger partial charge in [0.15, 0.2) is 5.78 Å². The lowest BCUT2D eigenvalue weighted by Gasteiger charge is -2.00. The van der Waals surface area contributed by atoms with Crippen LogP contribution in [-0.4, -0.2) is 15.8 Å². The van der Waals surface area contributed by atoms with E-state index in [0.29, 0.717) is 11.3 Å². The molecule has 2 rings (SSSR count). The Balaban J connectivity index is 2.24. The van der Waals surface area contributed by atoms with E-state index in [1.165, 1.54) is 18.7 Å². The first kappa shape index (κ1) is 10.6. The van der Waals surface area contributed by atoms with E-state index in [9.17, 15) is 9.59 Å². The third kappa shape index (κ3) is 2.20. The lowest BCUT2D eigenvalue weighted by atomic mass is 10.1. The van der Waals surface area contributed by atoms with Gasteiger partial charge < -0.3 is 9.40 Å². The molecule has 0 bridgehead atoms. The van der Waals surface area contributed by atoms with E-state index in [1.807, 2.05) is 0 Å². The van der Waals surface area contributed by atoms with E-state index in [4.69, 9.17) is 16.0 Å². The monoisotopic (exact) mass is 238 g/mol. The van der Waals surface area contributed by atoms with Gasteiger partial charge in [-0.05, 0) is 6.07 Å². The zero-order chi connectivity index (χ0) is 11.5. The van der Waals surface area contributed by atoms with E-state index in [-0.39, 0.29) is 17.2 Å². The Morgan fingerprint density at radius 1 is 1.56 bits per heavy atom. The van der Waals surface area contributed by atoms with Gasteiger partial charge >= 0.3 is 5.69 Å². The smallest absolute Gasteiger partial charge is 0.345 e. The van der Waals surface area contributed by atoms with Crippen LogP contribution >= 0.6 is 11.6 Å². The minimum Gasteiger partial charge on any atom is -0.472 e. The molecule has 1 N–H and O–H groups in total. The average Bonchev–Trinajstić information content (AvgIpc) is 2.76. The summed E-state index contributed by atoms with van der Waals surface area (Å²) in [5.74, 6) is -0.183. The molecule has 0 radical (unpaired) electrons. The summed E-state index contributed by atoms with van der Waals surface area (Å²) < 4.78 is 4.79. The van der Waals surface area contributed by atoms with Gasteiger partial charge in [0, 0.05) is 5.69 Å². The molecule has 2 aromatic heterocycles. The van der Waals surface area contributed by atoms with Crippen molar-refractivity contribution in [1.29, 1.82) is 0 Å². The highest BCUT2D eigenvalue weighted by atomic mass is 35.5. The highest BCUT2D eigenvalue weighted by Crippen LogP contribution is 2.13. The Labute approximate surface area is 95.1 Å². The normalized spacial score (nSPS) is 10.3. The number of aromatic nitrogens is 2. The van der Waals surface area contributed by atoms with Gasteiger partial charge in [-0.1, -0.05) is 11.6 Å². The Morgan fingerprint density at radius 2 is 2.38 bits per heavy atom. The van der Waals surface area contributed by atoms with Gasteiger partial charge in [0.2, 0.25) is 0 Å². The zero-order valence-electron chi connectivity index (χ0n) is 8.07. The first-order valence-electron chi connectivity index (χ1n) is 4.46. The number of nitrogens with zero attached hydrogens (tertiary/aromatic N) is 1. The van der Waals surface area contributed by atoms with Gasteiger partial charge in [0.25, 0.3) is 0 Å². The summed E-state index contributed by atoms with van der Waals surface area (Å²) >= 11 is 5.79. The van der Waals surface area contributed by atoms with Crippen molar-refractivity contribution in [2.45, 2.75) is 6.42 Å². The number of carbonyl (C=O) groups is 1. The van der Waals surface area contributed by atoms with Crippen LogP contribution in [0.25, 0.3) is 0 Å². The van der Waals surface area contributed by atoms with Crippen LogP contribution < -0.4 is 5.69 Å². The van der Waals surface area contributed by atoms with E-state index >= 15 is 0 Å². The molecule has 0 aliphatic heterocycles. The number of carbonyl (C=O) groups excluding carboxylic acids is 1. The summed E-state index contributed by atoms with van der Waals surface area (Å²) in [4.78, 5) is 28.5. The van der Waals surface area contributed by atoms with Crippen molar-refractivity contribution >= 4 is 17.4 Å². The quantitative estimate of drug-likeness (QED) is 0.821. The minimum atomic E-state index is -0.528. The largest absolute Gasteiger partial charge is 0.472 e. The third-order valence-electron chi connectivity index (χ3n) is 2.02. The zero-order valence-corrected chi connectivity index (χ0v) is 8.82. The first-order valence-corrected chi connectivity index (χ1v) is 4.83. The van der Waals surface area contributed by atoms with Crippen LogP contribution in [0.2, 0.25) is 5.02 Å². The van der Waals surface area contributed by atoms with Crippen molar-refractivity contribution in [2.75, 3.05) is 0 Å². The SMILES string of the molecule is O=C(Cc1[nH]c(=O)ncc1Cl)c1ccoc1. The molecule has 16 heavy (non-hydrogen) atoms. The van der Waals surface area contributed by atoms with Gasteiger partial charge in [-0.15, -0.1) is 0 Å². The number of hydrogen-bond donors (Lipinski definition) is 1. The summed E-state index contributed by atoms with van der Waals surface area (Å²) in [6.07, 6.45) is 3.98. The number of ketones is 1. The number of aromatic amines is 1. The molecule has 0 fully saturated rings. The first-order chi connectivity index (χ1) is 7.66. The number of Topliss-reactive ketones (excluding diaryl/α,β-unsaturated/α-hetero) is 1. The standard InChI is InChI=1S/C10H7ClN2O3/c11-7-4-12-10(15)13-8(7)3-9(14)6-1-2-16-5-6/h1-2,4-5H,3H2,(H,12,13,15). The third-order valence-corrected chi connectivity index (χ3v) is 2.35. The molecule has 0 aromatic carbocycles. The topological polar surface area (TPSA) is 76.0 Å². The lowest BCUT2D eigenvalue weighted by Crippen LogP contribution is -2.15. The van der Waals surface area contributed by atoms with Gasteiger partial charge in [0.05, 0.1) is 29.5 Å². The van der Waals surface area contributed by atoms with E-state index in [0.717, 1.165) is 0 Å². The van der Waals surface area contributed by atoms with Gasteiger partial charge in [-0.25, -0.2) is 9.78 Å². The van der Waals surface area contributed by atoms with Gasteiger partial charge in [0.1, 0.15) is 6.26 Å². The molecule has 0 aliphatic carbocycles. The maximum absolute atomic E-state index is 11.7. The Hall–Kier alpha value is -1.88.